The summed E-state index contributed by atoms with van der Waals surface area (Å²) < 4.78 is 23.5. The van der Waals surface area contributed by atoms with Gasteiger partial charge in [0.15, 0.2) is 9.84 Å². The Balaban J connectivity index is 1.65. The van der Waals surface area contributed by atoms with Gasteiger partial charge in [-0.25, -0.2) is 8.42 Å². The number of carbonyl (C=O) groups excluding carboxylic acids is 1. The molecule has 1 aromatic carbocycles. The Labute approximate surface area is 117 Å². The van der Waals surface area contributed by atoms with Crippen LogP contribution in [0.2, 0.25) is 0 Å². The lowest BCUT2D eigenvalue weighted by atomic mass is 10.1. The molecule has 106 valence electrons. The van der Waals surface area contributed by atoms with Gasteiger partial charge >= 0.3 is 0 Å². The number of hydrogen-bond acceptors (Lipinski definition) is 4. The van der Waals surface area contributed by atoms with Crippen LogP contribution in [0.15, 0.2) is 24.3 Å². The van der Waals surface area contributed by atoms with Gasteiger partial charge in [-0.3, -0.25) is 4.79 Å². The first kappa shape index (κ1) is 12.3. The fourth-order valence-electron chi connectivity index (χ4n) is 3.33. The molecule has 2 saturated heterocycles. The van der Waals surface area contributed by atoms with Gasteiger partial charge in [0.25, 0.3) is 0 Å². The molecule has 3 aliphatic rings. The molecule has 1 saturated carbocycles. The zero-order valence-corrected chi connectivity index (χ0v) is 11.8. The van der Waals surface area contributed by atoms with Crippen molar-refractivity contribution in [1.29, 1.82) is 0 Å². The molecule has 2 atom stereocenters. The van der Waals surface area contributed by atoms with E-state index in [4.69, 9.17) is 5.73 Å². The SMILES string of the molecule is NC1(c2ccc(N3C(=O)C4CC3CS4(=O)=O)cc2)CC1. The van der Waals surface area contributed by atoms with Crippen molar-refractivity contribution in [3.05, 3.63) is 29.8 Å². The second kappa shape index (κ2) is 3.62. The van der Waals surface area contributed by atoms with Gasteiger partial charge in [0, 0.05) is 11.2 Å². The molecule has 4 rings (SSSR count). The summed E-state index contributed by atoms with van der Waals surface area (Å²) in [5.74, 6) is -0.186. The standard InChI is InChI=1S/C14H16N2O3S/c15-14(5-6-14)9-1-3-10(4-2-9)16-11-7-12(13(16)17)20(18,19)8-11/h1-4,11-12H,5-8,15H2. The minimum absolute atomic E-state index is 0.0893. The molecule has 1 aliphatic carbocycles. The molecule has 2 bridgehead atoms. The van der Waals surface area contributed by atoms with E-state index in [0.29, 0.717) is 6.42 Å². The van der Waals surface area contributed by atoms with Crippen molar-refractivity contribution in [2.45, 2.75) is 36.1 Å². The monoisotopic (exact) mass is 292 g/mol. The molecule has 0 aromatic heterocycles. The molecule has 5 nitrogen and oxygen atoms in total. The first-order valence-electron chi connectivity index (χ1n) is 6.85. The van der Waals surface area contributed by atoms with E-state index in [9.17, 15) is 13.2 Å². The van der Waals surface area contributed by atoms with Gasteiger partial charge in [-0.05, 0) is 37.0 Å². The number of rotatable bonds is 2. The van der Waals surface area contributed by atoms with Crippen molar-refractivity contribution in [2.24, 2.45) is 5.73 Å². The van der Waals surface area contributed by atoms with E-state index >= 15 is 0 Å². The minimum Gasteiger partial charge on any atom is -0.321 e. The number of anilines is 1. The molecule has 0 spiro atoms. The van der Waals surface area contributed by atoms with Crippen LogP contribution in [0, 0.1) is 0 Å². The zero-order valence-electron chi connectivity index (χ0n) is 11.0. The number of hydrogen-bond donors (Lipinski definition) is 1. The molecule has 2 unspecified atom stereocenters. The normalized spacial score (nSPS) is 32.6. The molecule has 3 fully saturated rings. The molecule has 2 heterocycles. The largest absolute Gasteiger partial charge is 0.321 e. The lowest BCUT2D eigenvalue weighted by molar-refractivity contribution is -0.117. The highest BCUT2D eigenvalue weighted by atomic mass is 32.2. The van der Waals surface area contributed by atoms with Crippen molar-refractivity contribution in [1.82, 2.24) is 0 Å². The number of nitrogens with two attached hydrogens (primary N) is 1. The molecule has 2 N–H and O–H groups in total. The first-order chi connectivity index (χ1) is 9.41. The maximum absolute atomic E-state index is 12.2. The lowest BCUT2D eigenvalue weighted by Gasteiger charge is -2.27. The van der Waals surface area contributed by atoms with Gasteiger partial charge in [0.2, 0.25) is 5.91 Å². The Bertz CT molecular complexity index is 692. The van der Waals surface area contributed by atoms with Crippen LogP contribution in [-0.4, -0.2) is 31.4 Å². The second-order valence-corrected chi connectivity index (χ2v) is 8.35. The van der Waals surface area contributed by atoms with Crippen LogP contribution in [-0.2, 0) is 20.2 Å². The molecule has 2 aliphatic heterocycles. The molecular formula is C14H16N2O3S. The van der Waals surface area contributed by atoms with Gasteiger partial charge in [-0.15, -0.1) is 0 Å². The maximum Gasteiger partial charge on any atom is 0.245 e. The van der Waals surface area contributed by atoms with E-state index in [1.807, 2.05) is 24.3 Å². The van der Waals surface area contributed by atoms with E-state index in [0.717, 1.165) is 24.1 Å². The number of benzene rings is 1. The highest BCUT2D eigenvalue weighted by Gasteiger charge is 2.55. The number of sulfone groups is 1. The summed E-state index contributed by atoms with van der Waals surface area (Å²) in [4.78, 5) is 13.8. The van der Waals surface area contributed by atoms with Crippen molar-refractivity contribution < 1.29 is 13.2 Å². The van der Waals surface area contributed by atoms with Crippen molar-refractivity contribution in [3.8, 4) is 0 Å². The van der Waals surface area contributed by atoms with Gasteiger partial charge < -0.3 is 10.6 Å². The van der Waals surface area contributed by atoms with E-state index < -0.39 is 15.1 Å². The Hall–Kier alpha value is -1.40. The van der Waals surface area contributed by atoms with Crippen LogP contribution in [0.5, 0.6) is 0 Å². The third-order valence-corrected chi connectivity index (χ3v) is 6.84. The smallest absolute Gasteiger partial charge is 0.245 e. The quantitative estimate of drug-likeness (QED) is 0.862. The summed E-state index contributed by atoms with van der Waals surface area (Å²) in [6.07, 6.45) is 2.43. The zero-order chi connectivity index (χ0) is 14.1. The van der Waals surface area contributed by atoms with Gasteiger partial charge in [0.1, 0.15) is 5.25 Å². The molecule has 6 heteroatoms. The Morgan fingerprint density at radius 3 is 2.35 bits per heavy atom. The highest BCUT2D eigenvalue weighted by molar-refractivity contribution is 7.93. The predicted octanol–water partition coefficient (Wildman–Crippen LogP) is 0.537. The van der Waals surface area contributed by atoms with E-state index in [1.54, 1.807) is 4.90 Å². The van der Waals surface area contributed by atoms with Crippen molar-refractivity contribution >= 4 is 21.4 Å². The van der Waals surface area contributed by atoms with Crippen LogP contribution in [0.3, 0.4) is 0 Å². The Morgan fingerprint density at radius 2 is 1.85 bits per heavy atom. The average Bonchev–Trinajstić information content (AvgIpc) is 2.95. The summed E-state index contributed by atoms with van der Waals surface area (Å²) in [5, 5.41) is -0.823. The third-order valence-electron chi connectivity index (χ3n) is 4.73. The predicted molar refractivity (Wildman–Crippen MR) is 75.0 cm³/mol. The number of nitrogens with zero attached hydrogens (tertiary/aromatic N) is 1. The Kier molecular flexibility index (Phi) is 2.24. The summed E-state index contributed by atoms with van der Waals surface area (Å²) in [6.45, 7) is 0. The Morgan fingerprint density at radius 1 is 1.20 bits per heavy atom. The third kappa shape index (κ3) is 1.58. The summed E-state index contributed by atoms with van der Waals surface area (Å²) in [6, 6.07) is 7.48. The minimum atomic E-state index is -3.21. The average molecular weight is 292 g/mol. The number of amides is 1. The number of fused-ring (bicyclic) bond motifs is 2. The summed E-state index contributed by atoms with van der Waals surface area (Å²) in [5.41, 5.74) is 7.82. The van der Waals surface area contributed by atoms with Gasteiger partial charge in [-0.1, -0.05) is 12.1 Å². The van der Waals surface area contributed by atoms with E-state index in [2.05, 4.69) is 0 Å². The summed E-state index contributed by atoms with van der Waals surface area (Å²) >= 11 is 0. The second-order valence-electron chi connectivity index (χ2n) is 6.12. The van der Waals surface area contributed by atoms with Gasteiger partial charge in [0.05, 0.1) is 11.8 Å². The van der Waals surface area contributed by atoms with Crippen LogP contribution in [0.1, 0.15) is 24.8 Å². The van der Waals surface area contributed by atoms with Gasteiger partial charge in [-0.2, -0.15) is 0 Å². The summed E-state index contributed by atoms with van der Waals surface area (Å²) in [7, 11) is -3.21. The van der Waals surface area contributed by atoms with Crippen LogP contribution < -0.4 is 10.6 Å². The molecule has 20 heavy (non-hydrogen) atoms. The van der Waals surface area contributed by atoms with Crippen molar-refractivity contribution in [2.75, 3.05) is 10.7 Å². The van der Waals surface area contributed by atoms with Crippen LogP contribution in [0.25, 0.3) is 0 Å². The maximum atomic E-state index is 12.2. The molecule has 1 aromatic rings. The van der Waals surface area contributed by atoms with E-state index in [1.165, 1.54) is 0 Å². The van der Waals surface area contributed by atoms with Crippen molar-refractivity contribution in [3.63, 3.8) is 0 Å². The molecule has 1 amide bonds. The topological polar surface area (TPSA) is 80.5 Å². The fraction of sp³-hybridized carbons (Fsp3) is 0.500. The number of carbonyl (C=O) groups is 1. The first-order valence-corrected chi connectivity index (χ1v) is 8.56. The lowest BCUT2D eigenvalue weighted by Crippen LogP contribution is -2.45. The van der Waals surface area contributed by atoms with Crippen LogP contribution in [0.4, 0.5) is 5.69 Å². The van der Waals surface area contributed by atoms with Crippen LogP contribution >= 0.6 is 0 Å². The van der Waals surface area contributed by atoms with E-state index in [-0.39, 0.29) is 23.2 Å². The highest BCUT2D eigenvalue weighted by Crippen LogP contribution is 2.43. The fourth-order valence-corrected chi connectivity index (χ4v) is 5.32. The molecule has 0 radical (unpaired) electrons. The molecular weight excluding hydrogens is 276 g/mol.